The van der Waals surface area contributed by atoms with Gasteiger partial charge in [0.2, 0.25) is 0 Å². The molecular weight excluding hydrogens is 232 g/mol. The predicted molar refractivity (Wildman–Crippen MR) is 81.4 cm³/mol. The first-order valence-electron chi connectivity index (χ1n) is 7.67. The molecule has 3 atom stereocenters. The largest absolute Gasteiger partial charge is 0.310 e. The quantitative estimate of drug-likeness (QED) is 0.882. The number of nitrogens with zero attached hydrogens (tertiary/aromatic N) is 1. The van der Waals surface area contributed by atoms with Gasteiger partial charge in [-0.2, -0.15) is 0 Å². The highest BCUT2D eigenvalue weighted by atomic mass is 14.9. The molecule has 0 aliphatic heterocycles. The highest BCUT2D eigenvalue weighted by Crippen LogP contribution is 2.31. The first kappa shape index (κ1) is 14.5. The first-order chi connectivity index (χ1) is 8.99. The minimum atomic E-state index is 0.404. The van der Waals surface area contributed by atoms with Crippen molar-refractivity contribution in [2.45, 2.75) is 59.9 Å². The van der Waals surface area contributed by atoms with Crippen LogP contribution in [-0.4, -0.2) is 11.5 Å². The second-order valence-electron chi connectivity index (χ2n) is 6.38. The van der Waals surface area contributed by atoms with Gasteiger partial charge in [-0.3, -0.25) is 4.98 Å². The maximum absolute atomic E-state index is 4.61. The Labute approximate surface area is 118 Å². The van der Waals surface area contributed by atoms with Crippen molar-refractivity contribution >= 4 is 0 Å². The van der Waals surface area contributed by atoms with Gasteiger partial charge in [0, 0.05) is 17.4 Å². The normalized spacial score (nSPS) is 24.7. The second-order valence-corrected chi connectivity index (χ2v) is 6.38. The van der Waals surface area contributed by atoms with Crippen molar-refractivity contribution in [3.8, 4) is 0 Å². The summed E-state index contributed by atoms with van der Waals surface area (Å²) in [5.74, 6) is 1.75. The smallest absolute Gasteiger partial charge is 0.0426 e. The van der Waals surface area contributed by atoms with Gasteiger partial charge in [0.1, 0.15) is 0 Å². The lowest BCUT2D eigenvalue weighted by molar-refractivity contribution is 0.374. The topological polar surface area (TPSA) is 24.9 Å². The van der Waals surface area contributed by atoms with Crippen LogP contribution >= 0.6 is 0 Å². The summed E-state index contributed by atoms with van der Waals surface area (Å²) in [7, 11) is 0. The van der Waals surface area contributed by atoms with Crippen molar-refractivity contribution < 1.29 is 0 Å². The van der Waals surface area contributed by atoms with Crippen LogP contribution in [0.2, 0.25) is 0 Å². The van der Waals surface area contributed by atoms with Crippen LogP contribution < -0.4 is 5.32 Å². The molecule has 0 amide bonds. The summed E-state index contributed by atoms with van der Waals surface area (Å²) in [6, 6.07) is 2.60. The van der Waals surface area contributed by atoms with Crippen LogP contribution in [0.5, 0.6) is 0 Å². The van der Waals surface area contributed by atoms with Crippen molar-refractivity contribution in [1.29, 1.82) is 0 Å². The van der Waals surface area contributed by atoms with Gasteiger partial charge in [0.25, 0.3) is 0 Å². The fourth-order valence-corrected chi connectivity index (χ4v) is 3.64. The molecule has 1 aliphatic carbocycles. The van der Waals surface area contributed by atoms with Crippen molar-refractivity contribution in [2.75, 3.05) is 6.54 Å². The molecule has 1 aromatic heterocycles. The number of pyridine rings is 1. The fraction of sp³-hybridized carbons (Fsp3) is 0.706. The van der Waals surface area contributed by atoms with Crippen LogP contribution in [0.3, 0.4) is 0 Å². The SMILES string of the molecule is Cc1cc(C)c(C(C)NCC2CCCC2C)c(C)n1. The minimum absolute atomic E-state index is 0.404. The van der Waals surface area contributed by atoms with E-state index in [1.165, 1.54) is 36.1 Å². The fourth-order valence-electron chi connectivity index (χ4n) is 3.64. The molecule has 106 valence electrons. The van der Waals surface area contributed by atoms with Crippen molar-refractivity contribution in [1.82, 2.24) is 10.3 Å². The highest BCUT2D eigenvalue weighted by molar-refractivity contribution is 5.33. The van der Waals surface area contributed by atoms with Crippen LogP contribution in [0.25, 0.3) is 0 Å². The third-order valence-corrected chi connectivity index (χ3v) is 4.74. The molecule has 0 bridgehead atoms. The molecule has 0 aromatic carbocycles. The zero-order chi connectivity index (χ0) is 14.0. The number of aryl methyl sites for hydroxylation is 3. The van der Waals surface area contributed by atoms with Gasteiger partial charge in [-0.1, -0.05) is 19.8 Å². The summed E-state index contributed by atoms with van der Waals surface area (Å²) in [6.07, 6.45) is 4.21. The number of nitrogens with one attached hydrogen (secondary N) is 1. The minimum Gasteiger partial charge on any atom is -0.310 e. The molecule has 1 N–H and O–H groups in total. The van der Waals surface area contributed by atoms with Crippen molar-refractivity contribution in [3.63, 3.8) is 0 Å². The third kappa shape index (κ3) is 3.36. The molecule has 0 radical (unpaired) electrons. The standard InChI is InChI=1S/C17H28N2/c1-11-7-6-8-16(11)10-18-14(4)17-12(2)9-13(3)19-15(17)5/h9,11,14,16,18H,6-8,10H2,1-5H3. The van der Waals surface area contributed by atoms with Crippen LogP contribution in [0.15, 0.2) is 6.07 Å². The second kappa shape index (κ2) is 6.04. The highest BCUT2D eigenvalue weighted by Gasteiger charge is 2.24. The van der Waals surface area contributed by atoms with Crippen LogP contribution in [-0.2, 0) is 0 Å². The van der Waals surface area contributed by atoms with E-state index in [-0.39, 0.29) is 0 Å². The average Bonchev–Trinajstić information content (AvgIpc) is 2.70. The lowest BCUT2D eigenvalue weighted by Crippen LogP contribution is -2.28. The van der Waals surface area contributed by atoms with E-state index in [4.69, 9.17) is 0 Å². The zero-order valence-electron chi connectivity index (χ0n) is 13.1. The van der Waals surface area contributed by atoms with E-state index in [1.54, 1.807) is 0 Å². The molecule has 2 rings (SSSR count). The molecule has 1 aromatic rings. The maximum atomic E-state index is 4.61. The molecule has 3 unspecified atom stereocenters. The summed E-state index contributed by atoms with van der Waals surface area (Å²) in [6.45, 7) is 12.2. The molecule has 19 heavy (non-hydrogen) atoms. The monoisotopic (exact) mass is 260 g/mol. The Kier molecular flexibility index (Phi) is 4.62. The number of aromatic nitrogens is 1. The Hall–Kier alpha value is -0.890. The van der Waals surface area contributed by atoms with E-state index >= 15 is 0 Å². The van der Waals surface area contributed by atoms with E-state index in [9.17, 15) is 0 Å². The molecule has 1 fully saturated rings. The van der Waals surface area contributed by atoms with E-state index in [1.807, 2.05) is 0 Å². The molecule has 1 heterocycles. The lowest BCUT2D eigenvalue weighted by Gasteiger charge is -2.23. The molecule has 1 saturated carbocycles. The Morgan fingerprint density at radius 2 is 2.05 bits per heavy atom. The van der Waals surface area contributed by atoms with Gasteiger partial charge in [-0.05, 0) is 69.7 Å². The molecule has 2 nitrogen and oxygen atoms in total. The molecule has 0 spiro atoms. The van der Waals surface area contributed by atoms with Crippen LogP contribution in [0.1, 0.15) is 61.7 Å². The summed E-state index contributed by atoms with van der Waals surface area (Å²) in [4.78, 5) is 4.61. The van der Waals surface area contributed by atoms with Crippen LogP contribution in [0.4, 0.5) is 0 Å². The van der Waals surface area contributed by atoms with E-state index in [0.717, 1.165) is 24.1 Å². The molecule has 0 saturated heterocycles. The summed E-state index contributed by atoms with van der Waals surface area (Å²) in [5.41, 5.74) is 5.05. The molecule has 1 aliphatic rings. The van der Waals surface area contributed by atoms with Crippen molar-refractivity contribution in [2.24, 2.45) is 11.8 Å². The van der Waals surface area contributed by atoms with Crippen molar-refractivity contribution in [3.05, 3.63) is 28.6 Å². The van der Waals surface area contributed by atoms with Crippen LogP contribution in [0, 0.1) is 32.6 Å². The Morgan fingerprint density at radius 1 is 1.32 bits per heavy atom. The van der Waals surface area contributed by atoms with Gasteiger partial charge < -0.3 is 5.32 Å². The van der Waals surface area contributed by atoms with Gasteiger partial charge in [-0.25, -0.2) is 0 Å². The van der Waals surface area contributed by atoms with Gasteiger partial charge >= 0.3 is 0 Å². The molecule has 2 heteroatoms. The first-order valence-corrected chi connectivity index (χ1v) is 7.67. The van der Waals surface area contributed by atoms with E-state index < -0.39 is 0 Å². The average molecular weight is 260 g/mol. The zero-order valence-corrected chi connectivity index (χ0v) is 13.1. The third-order valence-electron chi connectivity index (χ3n) is 4.74. The summed E-state index contributed by atoms with van der Waals surface area (Å²) in [5, 5.41) is 3.73. The predicted octanol–water partition coefficient (Wildman–Crippen LogP) is 4.09. The van der Waals surface area contributed by atoms with E-state index in [0.29, 0.717) is 6.04 Å². The Bertz CT molecular complexity index is 416. The number of hydrogen-bond donors (Lipinski definition) is 1. The van der Waals surface area contributed by atoms with Gasteiger partial charge in [-0.15, -0.1) is 0 Å². The van der Waals surface area contributed by atoms with Gasteiger partial charge in [0.15, 0.2) is 0 Å². The Morgan fingerprint density at radius 3 is 2.63 bits per heavy atom. The maximum Gasteiger partial charge on any atom is 0.0426 e. The number of hydrogen-bond acceptors (Lipinski definition) is 2. The van der Waals surface area contributed by atoms with E-state index in [2.05, 4.69) is 51.0 Å². The number of rotatable bonds is 4. The molecular formula is C17H28N2. The van der Waals surface area contributed by atoms with Gasteiger partial charge in [0.05, 0.1) is 0 Å². The Balaban J connectivity index is 2.02. The lowest BCUT2D eigenvalue weighted by atomic mass is 9.96. The summed E-state index contributed by atoms with van der Waals surface area (Å²) >= 11 is 0. The summed E-state index contributed by atoms with van der Waals surface area (Å²) < 4.78 is 0.